The molecule has 0 aromatic rings. The van der Waals surface area contributed by atoms with E-state index in [1.165, 1.54) is 42.4 Å². The molecule has 0 heterocycles. The second-order valence-electron chi connectivity index (χ2n) is 5.70. The van der Waals surface area contributed by atoms with Crippen LogP contribution >= 0.6 is 0 Å². The summed E-state index contributed by atoms with van der Waals surface area (Å²) in [7, 11) is 0. The summed E-state index contributed by atoms with van der Waals surface area (Å²) in [5, 5.41) is 0. The zero-order valence-electron chi connectivity index (χ0n) is 8.84. The van der Waals surface area contributed by atoms with E-state index in [-0.39, 0.29) is 0 Å². The van der Waals surface area contributed by atoms with Gasteiger partial charge in [-0.1, -0.05) is 19.8 Å². The van der Waals surface area contributed by atoms with Crippen LogP contribution in [-0.4, -0.2) is 0 Å². The number of hydrogen-bond acceptors (Lipinski definition) is 0. The lowest BCUT2D eigenvalue weighted by Gasteiger charge is -2.28. The van der Waals surface area contributed by atoms with Gasteiger partial charge in [0.1, 0.15) is 0 Å². The maximum atomic E-state index is 2.34. The molecule has 0 heteroatoms. The van der Waals surface area contributed by atoms with Crippen LogP contribution in [0.3, 0.4) is 0 Å². The summed E-state index contributed by atoms with van der Waals surface area (Å²) >= 11 is 0. The van der Waals surface area contributed by atoms with Gasteiger partial charge in [-0.15, -0.1) is 0 Å². The zero-order valence-corrected chi connectivity index (χ0v) is 8.84. The lowest BCUT2D eigenvalue weighted by atomic mass is 9.77. The van der Waals surface area contributed by atoms with Crippen molar-refractivity contribution in [2.45, 2.75) is 51.9 Å². The van der Waals surface area contributed by atoms with Crippen molar-refractivity contribution >= 4 is 0 Å². The molecule has 3 aliphatic rings. The van der Waals surface area contributed by atoms with Gasteiger partial charge in [0.15, 0.2) is 0 Å². The average Bonchev–Trinajstić information content (AvgIpc) is 2.70. The van der Waals surface area contributed by atoms with Gasteiger partial charge in [0, 0.05) is 0 Å². The highest BCUT2D eigenvalue weighted by molar-refractivity contribution is 5.04. The molecule has 0 nitrogen and oxygen atoms in total. The van der Waals surface area contributed by atoms with Crippen LogP contribution in [0.5, 0.6) is 0 Å². The molecular weight excluding hydrogens is 156 g/mol. The SMILES string of the molecule is CCCCC1C2CC3CCC1C3C2. The molecule has 0 saturated heterocycles. The van der Waals surface area contributed by atoms with Gasteiger partial charge < -0.3 is 0 Å². The second-order valence-corrected chi connectivity index (χ2v) is 5.70. The Morgan fingerprint density at radius 1 is 1.00 bits per heavy atom. The lowest BCUT2D eigenvalue weighted by Crippen LogP contribution is -2.20. The van der Waals surface area contributed by atoms with E-state index in [4.69, 9.17) is 0 Å². The molecule has 0 spiro atoms. The molecule has 0 N–H and O–H groups in total. The molecule has 3 fully saturated rings. The van der Waals surface area contributed by atoms with Crippen molar-refractivity contribution in [3.63, 3.8) is 0 Å². The fourth-order valence-electron chi connectivity index (χ4n) is 4.80. The largest absolute Gasteiger partial charge is 0.0654 e. The molecule has 2 bridgehead atoms. The summed E-state index contributed by atoms with van der Waals surface area (Å²) in [6.07, 6.45) is 10.9. The molecule has 5 atom stereocenters. The van der Waals surface area contributed by atoms with Crippen LogP contribution in [0.2, 0.25) is 0 Å². The number of hydrogen-bond donors (Lipinski definition) is 0. The van der Waals surface area contributed by atoms with Crippen LogP contribution in [0.25, 0.3) is 0 Å². The van der Waals surface area contributed by atoms with Crippen molar-refractivity contribution in [1.82, 2.24) is 0 Å². The van der Waals surface area contributed by atoms with Crippen molar-refractivity contribution in [1.29, 1.82) is 0 Å². The predicted octanol–water partition coefficient (Wildman–Crippen LogP) is 3.86. The van der Waals surface area contributed by atoms with E-state index in [1.807, 2.05) is 0 Å². The number of rotatable bonds is 3. The van der Waals surface area contributed by atoms with Crippen LogP contribution < -0.4 is 0 Å². The molecule has 13 heavy (non-hydrogen) atoms. The Labute approximate surface area is 82.1 Å². The summed E-state index contributed by atoms with van der Waals surface area (Å²) in [5.74, 6) is 5.92. The van der Waals surface area contributed by atoms with Crippen LogP contribution in [-0.2, 0) is 0 Å². The third-order valence-electron chi connectivity index (χ3n) is 5.25. The first-order valence-corrected chi connectivity index (χ1v) is 6.40. The van der Waals surface area contributed by atoms with Gasteiger partial charge in [-0.05, 0) is 61.7 Å². The third-order valence-corrected chi connectivity index (χ3v) is 5.25. The van der Waals surface area contributed by atoms with Crippen LogP contribution in [0.15, 0.2) is 0 Å². The molecular formula is C13H22. The predicted molar refractivity (Wildman–Crippen MR) is 55.4 cm³/mol. The summed E-state index contributed by atoms with van der Waals surface area (Å²) in [6, 6.07) is 0. The second kappa shape index (κ2) is 3.00. The van der Waals surface area contributed by atoms with E-state index < -0.39 is 0 Å². The molecule has 3 rings (SSSR count). The van der Waals surface area contributed by atoms with Crippen molar-refractivity contribution < 1.29 is 0 Å². The van der Waals surface area contributed by atoms with Gasteiger partial charge in [0.05, 0.1) is 0 Å². The fourth-order valence-corrected chi connectivity index (χ4v) is 4.80. The maximum absolute atomic E-state index is 2.34. The molecule has 0 aromatic carbocycles. The fraction of sp³-hybridized carbons (Fsp3) is 1.00. The molecule has 74 valence electrons. The van der Waals surface area contributed by atoms with E-state index in [0.717, 1.165) is 0 Å². The van der Waals surface area contributed by atoms with Crippen LogP contribution in [0.1, 0.15) is 51.9 Å². The Morgan fingerprint density at radius 2 is 1.92 bits per heavy atom. The van der Waals surface area contributed by atoms with Crippen molar-refractivity contribution in [2.75, 3.05) is 0 Å². The van der Waals surface area contributed by atoms with Gasteiger partial charge in [-0.2, -0.15) is 0 Å². The first kappa shape index (κ1) is 8.32. The Balaban J connectivity index is 1.70. The number of fused-ring (bicyclic) bond motifs is 1. The van der Waals surface area contributed by atoms with Crippen LogP contribution in [0.4, 0.5) is 0 Å². The van der Waals surface area contributed by atoms with Crippen molar-refractivity contribution in [2.24, 2.45) is 29.6 Å². The van der Waals surface area contributed by atoms with E-state index in [0.29, 0.717) is 0 Å². The minimum Gasteiger partial charge on any atom is -0.0654 e. The Morgan fingerprint density at radius 3 is 2.77 bits per heavy atom. The molecule has 0 amide bonds. The highest BCUT2D eigenvalue weighted by atomic mass is 14.6. The van der Waals surface area contributed by atoms with Gasteiger partial charge >= 0.3 is 0 Å². The van der Waals surface area contributed by atoms with Gasteiger partial charge in [-0.25, -0.2) is 0 Å². The number of unbranched alkanes of at least 4 members (excludes halogenated alkanes) is 1. The molecule has 0 aromatic heterocycles. The highest BCUT2D eigenvalue weighted by Gasteiger charge is 2.54. The first-order chi connectivity index (χ1) is 6.40. The van der Waals surface area contributed by atoms with Gasteiger partial charge in [0.2, 0.25) is 0 Å². The van der Waals surface area contributed by atoms with E-state index in [9.17, 15) is 0 Å². The normalized spacial score (nSPS) is 51.9. The first-order valence-electron chi connectivity index (χ1n) is 6.40. The molecule has 0 aliphatic heterocycles. The van der Waals surface area contributed by atoms with E-state index >= 15 is 0 Å². The van der Waals surface area contributed by atoms with E-state index in [2.05, 4.69) is 6.92 Å². The van der Waals surface area contributed by atoms with Crippen LogP contribution in [0, 0.1) is 29.6 Å². The molecule has 5 unspecified atom stereocenters. The smallest absolute Gasteiger partial charge is 0.0352 e. The highest BCUT2D eigenvalue weighted by Crippen LogP contribution is 2.63. The Hall–Kier alpha value is 0. The molecule has 3 saturated carbocycles. The molecule has 3 aliphatic carbocycles. The van der Waals surface area contributed by atoms with Gasteiger partial charge in [0.25, 0.3) is 0 Å². The minimum absolute atomic E-state index is 1.17. The monoisotopic (exact) mass is 178 g/mol. The summed E-state index contributed by atoms with van der Waals surface area (Å²) < 4.78 is 0. The zero-order chi connectivity index (χ0) is 8.84. The topological polar surface area (TPSA) is 0 Å². The standard InChI is InChI=1S/C13H22/c1-2-3-4-11-10-7-9-5-6-12(11)13(9)8-10/h9-13H,2-8H2,1H3. The lowest BCUT2D eigenvalue weighted by molar-refractivity contribution is 0.213. The summed E-state index contributed by atoms with van der Waals surface area (Å²) in [4.78, 5) is 0. The summed E-state index contributed by atoms with van der Waals surface area (Å²) in [6.45, 7) is 2.34. The Kier molecular flexibility index (Phi) is 1.92. The molecule has 0 radical (unpaired) electrons. The average molecular weight is 178 g/mol. The minimum atomic E-state index is 1.17. The Bertz CT molecular complexity index is 194. The quantitative estimate of drug-likeness (QED) is 0.615. The third kappa shape index (κ3) is 1.10. The van der Waals surface area contributed by atoms with E-state index in [1.54, 1.807) is 32.1 Å². The maximum Gasteiger partial charge on any atom is -0.0352 e. The van der Waals surface area contributed by atoms with Crippen molar-refractivity contribution in [3.8, 4) is 0 Å². The van der Waals surface area contributed by atoms with Crippen molar-refractivity contribution in [3.05, 3.63) is 0 Å². The van der Waals surface area contributed by atoms with Gasteiger partial charge in [-0.3, -0.25) is 0 Å². The summed E-state index contributed by atoms with van der Waals surface area (Å²) in [5.41, 5.74) is 0.